The van der Waals surface area contributed by atoms with Crippen LogP contribution in [0.5, 0.6) is 0 Å². The van der Waals surface area contributed by atoms with Crippen molar-refractivity contribution >= 4 is 22.2 Å². The minimum Gasteiger partial charge on any atom is -0.391 e. The van der Waals surface area contributed by atoms with Gasteiger partial charge in [0.15, 0.2) is 0 Å². The largest absolute Gasteiger partial charge is 0.391 e. The number of hydrogen-bond donors (Lipinski definition) is 1. The second-order valence-electron chi connectivity index (χ2n) is 7.27. The van der Waals surface area contributed by atoms with Crippen LogP contribution in [0.2, 0.25) is 0 Å². The van der Waals surface area contributed by atoms with E-state index in [1.165, 1.54) is 19.3 Å². The van der Waals surface area contributed by atoms with E-state index in [1.54, 1.807) is 0 Å². The number of carbonyl (C=O) groups is 1. The van der Waals surface area contributed by atoms with E-state index in [4.69, 9.17) is 4.74 Å². The summed E-state index contributed by atoms with van der Waals surface area (Å²) in [6.07, 6.45) is 6.34. The topological polar surface area (TPSA) is 49.8 Å². The molecule has 3 rings (SSSR count). The zero-order valence-electron chi connectivity index (χ0n) is 14.6. The van der Waals surface area contributed by atoms with Gasteiger partial charge in [0.1, 0.15) is 6.29 Å². The van der Waals surface area contributed by atoms with E-state index < -0.39 is 0 Å². The highest BCUT2D eigenvalue weighted by atomic mass is 79.9. The van der Waals surface area contributed by atoms with Crippen molar-refractivity contribution in [3.05, 3.63) is 34.3 Å². The van der Waals surface area contributed by atoms with Crippen LogP contribution in [-0.4, -0.2) is 47.6 Å². The van der Waals surface area contributed by atoms with Crippen LogP contribution in [0.25, 0.3) is 0 Å². The minimum atomic E-state index is -0.357. The first-order valence-electron chi connectivity index (χ1n) is 9.41. The van der Waals surface area contributed by atoms with Crippen LogP contribution in [-0.2, 0) is 16.1 Å². The molecule has 1 aromatic rings. The molecule has 1 aromatic carbocycles. The molecule has 2 fully saturated rings. The summed E-state index contributed by atoms with van der Waals surface area (Å²) in [5, 5.41) is 10.7. The van der Waals surface area contributed by atoms with Gasteiger partial charge in [-0.3, -0.25) is 4.90 Å². The molecule has 0 aromatic heterocycles. The standard InChI is InChI=1S/C20H28BrNO3/c21-16-8-6-15(7-9-16)14-25-19-13-18(24)20(17(19)5-4-12-23)22-10-2-1-3-11-22/h6-9,12,17-20,24H,1-5,10-11,13-14H2/t17-,18+,19-,20+/m0/s1. The second kappa shape index (κ2) is 9.26. The molecule has 2 aliphatic rings. The molecule has 1 heterocycles. The Bertz CT molecular complexity index is 544. The first-order valence-corrected chi connectivity index (χ1v) is 10.2. The SMILES string of the molecule is O=CCC[C@@H]1[C@@H](N2CCCCC2)[C@H](O)C[C@@H]1OCc1ccc(Br)cc1. The quantitative estimate of drug-likeness (QED) is 0.699. The predicted octanol–water partition coefficient (Wildman–Crippen LogP) is 3.55. The van der Waals surface area contributed by atoms with Crippen LogP contribution in [0.4, 0.5) is 0 Å². The number of aldehydes is 1. The lowest BCUT2D eigenvalue weighted by Gasteiger charge is -2.38. The fourth-order valence-corrected chi connectivity index (χ4v) is 4.65. The van der Waals surface area contributed by atoms with Crippen molar-refractivity contribution in [2.45, 2.75) is 63.4 Å². The number of piperidine rings is 1. The van der Waals surface area contributed by atoms with Crippen LogP contribution < -0.4 is 0 Å². The summed E-state index contributed by atoms with van der Waals surface area (Å²) in [5.74, 6) is 0.230. The van der Waals surface area contributed by atoms with Crippen molar-refractivity contribution < 1.29 is 14.6 Å². The van der Waals surface area contributed by atoms with Gasteiger partial charge in [0.25, 0.3) is 0 Å². The first-order chi connectivity index (χ1) is 12.2. The molecule has 5 heteroatoms. The van der Waals surface area contributed by atoms with Gasteiger partial charge in [-0.1, -0.05) is 34.5 Å². The van der Waals surface area contributed by atoms with Crippen molar-refractivity contribution in [2.24, 2.45) is 5.92 Å². The molecule has 4 nitrogen and oxygen atoms in total. The average Bonchev–Trinajstić information content (AvgIpc) is 2.95. The Morgan fingerprint density at radius 3 is 2.60 bits per heavy atom. The maximum atomic E-state index is 10.9. The summed E-state index contributed by atoms with van der Waals surface area (Å²) in [4.78, 5) is 13.4. The zero-order valence-corrected chi connectivity index (χ0v) is 16.2. The number of hydrogen-bond acceptors (Lipinski definition) is 4. The van der Waals surface area contributed by atoms with Crippen LogP contribution in [0.1, 0.15) is 44.1 Å². The van der Waals surface area contributed by atoms with Crippen LogP contribution in [0.15, 0.2) is 28.7 Å². The fraction of sp³-hybridized carbons (Fsp3) is 0.650. The number of ether oxygens (including phenoxy) is 1. The highest BCUT2D eigenvalue weighted by molar-refractivity contribution is 9.10. The Balaban J connectivity index is 1.66. The monoisotopic (exact) mass is 409 g/mol. The number of benzene rings is 1. The Labute approximate surface area is 158 Å². The van der Waals surface area contributed by atoms with Crippen molar-refractivity contribution in [3.63, 3.8) is 0 Å². The Kier molecular flexibility index (Phi) is 7.05. The molecule has 0 unspecified atom stereocenters. The Hall–Kier alpha value is -0.750. The van der Waals surface area contributed by atoms with Crippen molar-refractivity contribution in [2.75, 3.05) is 13.1 Å². The third kappa shape index (κ3) is 4.91. The van der Waals surface area contributed by atoms with Gasteiger partial charge in [0, 0.05) is 29.3 Å². The molecule has 0 radical (unpaired) electrons. The van der Waals surface area contributed by atoms with Crippen molar-refractivity contribution in [1.29, 1.82) is 0 Å². The van der Waals surface area contributed by atoms with Gasteiger partial charge in [0.2, 0.25) is 0 Å². The van der Waals surface area contributed by atoms with E-state index in [2.05, 4.69) is 33.0 Å². The molecular weight excluding hydrogens is 382 g/mol. The van der Waals surface area contributed by atoms with E-state index >= 15 is 0 Å². The third-order valence-electron chi connectivity index (χ3n) is 5.59. The molecule has 1 saturated heterocycles. The maximum absolute atomic E-state index is 10.9. The van der Waals surface area contributed by atoms with E-state index in [0.29, 0.717) is 19.4 Å². The summed E-state index contributed by atoms with van der Waals surface area (Å²) in [5.41, 5.74) is 1.13. The van der Waals surface area contributed by atoms with Crippen LogP contribution >= 0.6 is 15.9 Å². The fourth-order valence-electron chi connectivity index (χ4n) is 4.38. The van der Waals surface area contributed by atoms with Gasteiger partial charge < -0.3 is 14.6 Å². The number of rotatable bonds is 7. The predicted molar refractivity (Wildman–Crippen MR) is 101 cm³/mol. The van der Waals surface area contributed by atoms with Gasteiger partial charge in [-0.25, -0.2) is 0 Å². The highest BCUT2D eigenvalue weighted by Crippen LogP contribution is 2.37. The normalized spacial score (nSPS) is 30.5. The second-order valence-corrected chi connectivity index (χ2v) is 8.19. The van der Waals surface area contributed by atoms with E-state index in [-0.39, 0.29) is 24.2 Å². The molecule has 0 spiro atoms. The molecule has 0 bridgehead atoms. The summed E-state index contributed by atoms with van der Waals surface area (Å²) in [6.45, 7) is 2.66. The lowest BCUT2D eigenvalue weighted by molar-refractivity contribution is -0.108. The molecule has 1 aliphatic heterocycles. The molecule has 4 atom stereocenters. The number of halogens is 1. The molecule has 1 N–H and O–H groups in total. The van der Waals surface area contributed by atoms with E-state index in [0.717, 1.165) is 35.8 Å². The maximum Gasteiger partial charge on any atom is 0.120 e. The molecular formula is C20H28BrNO3. The number of likely N-dealkylation sites (tertiary alicyclic amines) is 1. The van der Waals surface area contributed by atoms with Gasteiger partial charge in [-0.05, 0) is 50.0 Å². The van der Waals surface area contributed by atoms with Gasteiger partial charge >= 0.3 is 0 Å². The lowest BCUT2D eigenvalue weighted by atomic mass is 9.93. The smallest absolute Gasteiger partial charge is 0.120 e. The summed E-state index contributed by atoms with van der Waals surface area (Å²) >= 11 is 3.45. The molecule has 1 saturated carbocycles. The minimum absolute atomic E-state index is 0.0190. The summed E-state index contributed by atoms with van der Waals surface area (Å²) < 4.78 is 7.27. The molecule has 25 heavy (non-hydrogen) atoms. The highest BCUT2D eigenvalue weighted by Gasteiger charge is 2.45. The zero-order chi connectivity index (χ0) is 17.6. The number of nitrogens with zero attached hydrogens (tertiary/aromatic N) is 1. The van der Waals surface area contributed by atoms with E-state index in [1.807, 2.05) is 12.1 Å². The number of aliphatic hydroxyl groups excluding tert-OH is 1. The Morgan fingerprint density at radius 2 is 1.92 bits per heavy atom. The van der Waals surface area contributed by atoms with Crippen LogP contribution in [0, 0.1) is 5.92 Å². The molecule has 138 valence electrons. The van der Waals surface area contributed by atoms with Crippen molar-refractivity contribution in [1.82, 2.24) is 4.90 Å². The average molecular weight is 410 g/mol. The van der Waals surface area contributed by atoms with Crippen molar-refractivity contribution in [3.8, 4) is 0 Å². The van der Waals surface area contributed by atoms with Gasteiger partial charge in [0.05, 0.1) is 18.8 Å². The number of aliphatic hydroxyl groups is 1. The van der Waals surface area contributed by atoms with E-state index in [9.17, 15) is 9.90 Å². The summed E-state index contributed by atoms with van der Waals surface area (Å²) in [6, 6.07) is 8.27. The molecule has 1 aliphatic carbocycles. The number of carbonyl (C=O) groups excluding carboxylic acids is 1. The van der Waals surface area contributed by atoms with Crippen LogP contribution in [0.3, 0.4) is 0 Å². The third-order valence-corrected chi connectivity index (χ3v) is 6.12. The molecule has 0 amide bonds. The lowest BCUT2D eigenvalue weighted by Crippen LogP contribution is -2.47. The van der Waals surface area contributed by atoms with Gasteiger partial charge in [-0.2, -0.15) is 0 Å². The van der Waals surface area contributed by atoms with Gasteiger partial charge in [-0.15, -0.1) is 0 Å². The Morgan fingerprint density at radius 1 is 1.20 bits per heavy atom. The first kappa shape index (κ1) is 19.0. The summed E-state index contributed by atoms with van der Waals surface area (Å²) in [7, 11) is 0.